The largest absolute Gasteiger partial charge is 0.497 e. The van der Waals surface area contributed by atoms with Crippen molar-refractivity contribution in [3.05, 3.63) is 51.4 Å². The Balaban J connectivity index is 2.30. The number of methoxy groups -OCH3 is 1. The second kappa shape index (κ2) is 5.43. The highest BCUT2D eigenvalue weighted by Gasteiger charge is 2.11. The van der Waals surface area contributed by atoms with E-state index in [1.54, 1.807) is 17.7 Å². The van der Waals surface area contributed by atoms with Crippen LogP contribution in [0.25, 0.3) is 0 Å². The Kier molecular flexibility index (Phi) is 3.90. The van der Waals surface area contributed by atoms with Gasteiger partial charge in [0.1, 0.15) is 11.4 Å². The molecular weight excluding hydrogens is 345 g/mol. The lowest BCUT2D eigenvalue weighted by Gasteiger charge is -2.07. The zero-order valence-electron chi connectivity index (χ0n) is 9.76. The van der Waals surface area contributed by atoms with Gasteiger partial charge in [0.2, 0.25) is 0 Å². The van der Waals surface area contributed by atoms with Gasteiger partial charge in [-0.15, -0.1) is 0 Å². The Morgan fingerprint density at radius 3 is 2.89 bits per heavy atom. The van der Waals surface area contributed by atoms with Crippen LogP contribution in [0.3, 0.4) is 0 Å². The molecule has 1 aromatic heterocycles. The van der Waals surface area contributed by atoms with Crippen molar-refractivity contribution >= 4 is 28.6 Å². The summed E-state index contributed by atoms with van der Waals surface area (Å²) in [5.74, 6) is -0.146. The second-order valence-corrected chi connectivity index (χ2v) is 5.07. The van der Waals surface area contributed by atoms with Gasteiger partial charge in [-0.3, -0.25) is 0 Å². The quantitative estimate of drug-likeness (QED) is 0.857. The minimum absolute atomic E-state index is 0.294. The number of ether oxygens (including phenoxy) is 1. The Morgan fingerprint density at radius 2 is 2.22 bits per heavy atom. The molecule has 1 aromatic carbocycles. The molecule has 1 heterocycles. The van der Waals surface area contributed by atoms with Crippen molar-refractivity contribution < 1.29 is 14.6 Å². The van der Waals surface area contributed by atoms with E-state index in [1.807, 2.05) is 30.5 Å². The minimum atomic E-state index is -0.916. The molecule has 18 heavy (non-hydrogen) atoms. The molecule has 0 aliphatic rings. The van der Waals surface area contributed by atoms with Crippen LogP contribution >= 0.6 is 22.6 Å². The number of hydrogen-bond acceptors (Lipinski definition) is 2. The fourth-order valence-electron chi connectivity index (χ4n) is 1.75. The molecule has 0 saturated heterocycles. The van der Waals surface area contributed by atoms with Crippen LogP contribution in [0.4, 0.5) is 0 Å². The number of hydrogen-bond donors (Lipinski definition) is 1. The molecule has 94 valence electrons. The van der Waals surface area contributed by atoms with Crippen LogP contribution in [0.2, 0.25) is 0 Å². The molecule has 0 unspecified atom stereocenters. The summed E-state index contributed by atoms with van der Waals surface area (Å²) in [5, 5.41) is 9.11. The van der Waals surface area contributed by atoms with E-state index in [-0.39, 0.29) is 0 Å². The Labute approximate surface area is 118 Å². The third kappa shape index (κ3) is 2.84. The number of carboxylic acid groups (broad SMARTS) is 1. The molecule has 2 aromatic rings. The predicted molar refractivity (Wildman–Crippen MR) is 76.2 cm³/mol. The first-order valence-electron chi connectivity index (χ1n) is 5.32. The van der Waals surface area contributed by atoms with Crippen LogP contribution in [-0.2, 0) is 6.54 Å². The molecule has 0 bridgehead atoms. The predicted octanol–water partition coefficient (Wildman–Crippen LogP) is 2.85. The van der Waals surface area contributed by atoms with Crippen LogP contribution < -0.4 is 4.74 Å². The molecule has 0 amide bonds. The first-order chi connectivity index (χ1) is 8.60. The number of aromatic nitrogens is 1. The van der Waals surface area contributed by atoms with Crippen LogP contribution in [-0.4, -0.2) is 22.8 Å². The molecule has 1 N–H and O–H groups in total. The van der Waals surface area contributed by atoms with E-state index in [0.29, 0.717) is 12.2 Å². The molecule has 0 atom stereocenters. The van der Waals surface area contributed by atoms with Crippen LogP contribution in [0.15, 0.2) is 36.5 Å². The Morgan fingerprint density at radius 1 is 1.44 bits per heavy atom. The zero-order valence-corrected chi connectivity index (χ0v) is 11.9. The highest BCUT2D eigenvalue weighted by Crippen LogP contribution is 2.17. The zero-order chi connectivity index (χ0) is 13.1. The lowest BCUT2D eigenvalue weighted by molar-refractivity contribution is 0.0685. The Hall–Kier alpha value is -1.50. The van der Waals surface area contributed by atoms with Crippen molar-refractivity contribution in [2.24, 2.45) is 0 Å². The van der Waals surface area contributed by atoms with Crippen LogP contribution in [0.1, 0.15) is 16.1 Å². The van der Waals surface area contributed by atoms with E-state index in [1.165, 1.54) is 0 Å². The van der Waals surface area contributed by atoms with Crippen molar-refractivity contribution in [1.82, 2.24) is 4.57 Å². The van der Waals surface area contributed by atoms with E-state index in [2.05, 4.69) is 22.6 Å². The van der Waals surface area contributed by atoms with Gasteiger partial charge in [0.25, 0.3) is 0 Å². The number of nitrogens with zero attached hydrogens (tertiary/aromatic N) is 1. The summed E-state index contributed by atoms with van der Waals surface area (Å²) in [5.41, 5.74) is 1.30. The monoisotopic (exact) mass is 357 g/mol. The van der Waals surface area contributed by atoms with Gasteiger partial charge < -0.3 is 14.4 Å². The van der Waals surface area contributed by atoms with Gasteiger partial charge in [0.05, 0.1) is 7.11 Å². The molecular formula is C13H12INO3. The van der Waals surface area contributed by atoms with Crippen molar-refractivity contribution in [3.8, 4) is 5.75 Å². The number of carbonyl (C=O) groups is 1. The molecule has 0 spiro atoms. The summed E-state index contributed by atoms with van der Waals surface area (Å²) >= 11 is 2.11. The van der Waals surface area contributed by atoms with E-state index in [0.717, 1.165) is 14.9 Å². The van der Waals surface area contributed by atoms with Gasteiger partial charge >= 0.3 is 5.97 Å². The molecule has 2 rings (SSSR count). The number of benzene rings is 1. The van der Waals surface area contributed by atoms with Crippen molar-refractivity contribution in [2.45, 2.75) is 6.54 Å². The summed E-state index contributed by atoms with van der Waals surface area (Å²) < 4.78 is 7.78. The lowest BCUT2D eigenvalue weighted by Crippen LogP contribution is -2.08. The summed E-state index contributed by atoms with van der Waals surface area (Å²) in [4.78, 5) is 11.1. The van der Waals surface area contributed by atoms with Crippen LogP contribution in [0, 0.1) is 3.57 Å². The Bertz CT molecular complexity index is 577. The normalized spacial score (nSPS) is 10.3. The van der Waals surface area contributed by atoms with Gasteiger partial charge in [-0.05, 0) is 46.4 Å². The minimum Gasteiger partial charge on any atom is -0.497 e. The first-order valence-corrected chi connectivity index (χ1v) is 6.40. The molecule has 0 aliphatic heterocycles. The maximum absolute atomic E-state index is 11.1. The van der Waals surface area contributed by atoms with E-state index >= 15 is 0 Å². The number of rotatable bonds is 4. The van der Waals surface area contributed by atoms with Gasteiger partial charge in [-0.25, -0.2) is 4.79 Å². The van der Waals surface area contributed by atoms with E-state index < -0.39 is 5.97 Å². The summed E-state index contributed by atoms with van der Waals surface area (Å²) in [7, 11) is 1.61. The summed E-state index contributed by atoms with van der Waals surface area (Å²) in [6.07, 6.45) is 1.82. The third-order valence-electron chi connectivity index (χ3n) is 2.57. The molecule has 4 nitrogen and oxygen atoms in total. The summed E-state index contributed by atoms with van der Waals surface area (Å²) in [6.45, 7) is 0.516. The molecule has 0 aliphatic carbocycles. The third-order valence-corrected chi connectivity index (χ3v) is 3.16. The highest BCUT2D eigenvalue weighted by atomic mass is 127. The van der Waals surface area contributed by atoms with Gasteiger partial charge in [-0.1, -0.05) is 12.1 Å². The van der Waals surface area contributed by atoms with Gasteiger partial charge in [-0.2, -0.15) is 0 Å². The topological polar surface area (TPSA) is 51.5 Å². The first kappa shape index (κ1) is 12.9. The maximum atomic E-state index is 11.1. The van der Waals surface area contributed by atoms with Gasteiger partial charge in [0, 0.05) is 16.3 Å². The maximum Gasteiger partial charge on any atom is 0.352 e. The van der Waals surface area contributed by atoms with E-state index in [4.69, 9.17) is 9.84 Å². The SMILES string of the molecule is COc1cccc(Cn2cc(I)cc2C(=O)O)c1. The standard InChI is InChI=1S/C13H12INO3/c1-18-11-4-2-3-9(5-11)7-15-8-10(14)6-12(15)13(16)17/h2-6,8H,7H2,1H3,(H,16,17). The molecule has 0 radical (unpaired) electrons. The number of aromatic carboxylic acids is 1. The molecule has 0 fully saturated rings. The smallest absolute Gasteiger partial charge is 0.352 e. The van der Waals surface area contributed by atoms with Crippen molar-refractivity contribution in [1.29, 1.82) is 0 Å². The number of carboxylic acids is 1. The van der Waals surface area contributed by atoms with E-state index in [9.17, 15) is 4.79 Å². The average molecular weight is 357 g/mol. The number of halogens is 1. The second-order valence-electron chi connectivity index (χ2n) is 3.83. The summed E-state index contributed by atoms with van der Waals surface area (Å²) in [6, 6.07) is 9.26. The average Bonchev–Trinajstić information content (AvgIpc) is 2.70. The highest BCUT2D eigenvalue weighted by molar-refractivity contribution is 14.1. The lowest BCUT2D eigenvalue weighted by atomic mass is 10.2. The fraction of sp³-hybridized carbons (Fsp3) is 0.154. The van der Waals surface area contributed by atoms with Crippen molar-refractivity contribution in [2.75, 3.05) is 7.11 Å². The fourth-order valence-corrected chi connectivity index (χ4v) is 2.38. The van der Waals surface area contributed by atoms with Gasteiger partial charge in [0.15, 0.2) is 0 Å². The van der Waals surface area contributed by atoms with Crippen LogP contribution in [0.5, 0.6) is 5.75 Å². The molecule has 5 heteroatoms. The molecule has 0 saturated carbocycles. The van der Waals surface area contributed by atoms with Crippen molar-refractivity contribution in [3.63, 3.8) is 0 Å².